The van der Waals surface area contributed by atoms with E-state index in [1.165, 1.54) is 24.3 Å². The molecule has 0 bridgehead atoms. The maximum atomic E-state index is 13.3. The molecule has 1 aliphatic heterocycles. The van der Waals surface area contributed by atoms with Crippen LogP contribution in [0, 0.1) is 0 Å². The van der Waals surface area contributed by atoms with E-state index >= 15 is 0 Å². The number of hydrogen-bond donors (Lipinski definition) is 2. The van der Waals surface area contributed by atoms with Crippen LogP contribution in [-0.4, -0.2) is 53.8 Å². The monoisotopic (exact) mass is 622 g/mol. The van der Waals surface area contributed by atoms with Crippen LogP contribution in [0.25, 0.3) is 0 Å². The molecule has 1 heterocycles. The zero-order chi connectivity index (χ0) is 29.9. The second-order valence-electron chi connectivity index (χ2n) is 8.84. The van der Waals surface area contributed by atoms with Crippen molar-refractivity contribution in [1.82, 2.24) is 15.5 Å². The molecule has 2 N–H and O–H groups in total. The highest BCUT2D eigenvalue weighted by Crippen LogP contribution is 2.36. The summed E-state index contributed by atoms with van der Waals surface area (Å²) in [5.74, 6) is -0.314. The van der Waals surface area contributed by atoms with Crippen molar-refractivity contribution in [2.75, 3.05) is 31.0 Å². The van der Waals surface area contributed by atoms with Gasteiger partial charge in [-0.3, -0.25) is 9.10 Å². The first-order valence-electron chi connectivity index (χ1n) is 13.1. The summed E-state index contributed by atoms with van der Waals surface area (Å²) in [6.45, 7) is 4.77. The topological polar surface area (TPSA) is 81.8 Å². The summed E-state index contributed by atoms with van der Waals surface area (Å²) in [4.78, 5) is 25.2. The van der Waals surface area contributed by atoms with E-state index in [0.29, 0.717) is 29.0 Å². The largest absolute Gasteiger partial charge is 0.416 e. The van der Waals surface area contributed by atoms with Gasteiger partial charge in [-0.2, -0.15) is 13.2 Å². The lowest BCUT2D eigenvalue weighted by Gasteiger charge is -2.31. The molecule has 222 valence electrons. The number of hydrogen-bond acceptors (Lipinski definition) is 3. The molecule has 1 aliphatic carbocycles. The lowest BCUT2D eigenvalue weighted by atomic mass is 10.1. The highest BCUT2D eigenvalue weighted by atomic mass is 35.5. The molecule has 2 aromatic carbocycles. The zero-order valence-electron chi connectivity index (χ0n) is 22.7. The molecule has 1 unspecified atom stereocenters. The number of alkyl halides is 3. The molecule has 13 heteroatoms. The fourth-order valence-electron chi connectivity index (χ4n) is 3.64. The molecular formula is C27H35Cl2F3N4O3S. The van der Waals surface area contributed by atoms with E-state index in [9.17, 15) is 27.0 Å². The summed E-state index contributed by atoms with van der Waals surface area (Å²) >= 11 is 12.1. The van der Waals surface area contributed by atoms with Crippen LogP contribution in [0.2, 0.25) is 10.0 Å². The van der Waals surface area contributed by atoms with Gasteiger partial charge < -0.3 is 15.5 Å². The number of nitrogens with one attached hydrogen (secondary N) is 2. The molecule has 2 fully saturated rings. The number of carbonyl (C=O) groups is 2. The highest BCUT2D eigenvalue weighted by molar-refractivity contribution is 7.86. The Bertz CT molecular complexity index is 1140. The van der Waals surface area contributed by atoms with Crippen molar-refractivity contribution in [3.8, 4) is 0 Å². The minimum Gasteiger partial charge on any atom is -0.341 e. The average molecular weight is 624 g/mol. The average Bonchev–Trinajstić information content (AvgIpc) is 3.77. The Morgan fingerprint density at radius 1 is 1.02 bits per heavy atom. The first-order valence-corrected chi connectivity index (χ1v) is 14.9. The normalized spacial score (nSPS) is 15.4. The van der Waals surface area contributed by atoms with Gasteiger partial charge in [-0.25, -0.2) is 9.00 Å². The minimum atomic E-state index is -4.61. The van der Waals surface area contributed by atoms with Crippen LogP contribution >= 0.6 is 23.2 Å². The standard InChI is InChI=1S/C20H19Cl2F3N2O2S.C5H10N2O.C2H6/c21-15-5-7-16(8-6-15)30(29)27(13-19(28)26-10-2-1-3-11-26)18-12-14(20(23,24)25)4-9-17(18)22;1-6-5(8)7-4-2-3-4;1-2/h4-9,12H,1-3,10-11,13H2;4H,2-3H2,1H3,(H2,6,7,8);1-2H3. The van der Waals surface area contributed by atoms with Crippen LogP contribution in [0.1, 0.15) is 51.5 Å². The quantitative estimate of drug-likeness (QED) is 0.378. The van der Waals surface area contributed by atoms with Crippen molar-refractivity contribution < 1.29 is 27.0 Å². The maximum Gasteiger partial charge on any atom is 0.416 e. The molecule has 0 spiro atoms. The van der Waals surface area contributed by atoms with Crippen molar-refractivity contribution in [3.05, 3.63) is 58.1 Å². The summed E-state index contributed by atoms with van der Waals surface area (Å²) in [7, 11) is -0.353. The van der Waals surface area contributed by atoms with Crippen LogP contribution < -0.4 is 14.9 Å². The second kappa shape index (κ2) is 16.1. The molecule has 0 aromatic heterocycles. The minimum absolute atomic E-state index is 0.0308. The second-order valence-corrected chi connectivity index (χ2v) is 11.1. The van der Waals surface area contributed by atoms with Gasteiger partial charge >= 0.3 is 12.2 Å². The zero-order valence-corrected chi connectivity index (χ0v) is 25.0. The fourth-order valence-corrected chi connectivity index (χ4v) is 5.22. The number of halogens is 5. The third-order valence-corrected chi connectivity index (χ3v) is 7.86. The summed E-state index contributed by atoms with van der Waals surface area (Å²) < 4.78 is 54.2. The van der Waals surface area contributed by atoms with Gasteiger partial charge in [-0.05, 0) is 74.6 Å². The Labute approximate surface area is 246 Å². The molecular weight excluding hydrogens is 588 g/mol. The van der Waals surface area contributed by atoms with E-state index in [0.717, 1.165) is 54.6 Å². The number of piperidine rings is 1. The molecule has 3 amide bonds. The molecule has 1 saturated carbocycles. The number of amides is 3. The molecule has 7 nitrogen and oxygen atoms in total. The Morgan fingerprint density at radius 2 is 1.62 bits per heavy atom. The maximum absolute atomic E-state index is 13.3. The summed E-state index contributed by atoms with van der Waals surface area (Å²) in [6.07, 6.45) is 0.417. The van der Waals surface area contributed by atoms with Crippen LogP contribution in [-0.2, 0) is 22.0 Å². The van der Waals surface area contributed by atoms with Crippen LogP contribution in [0.15, 0.2) is 47.4 Å². The van der Waals surface area contributed by atoms with E-state index < -0.39 is 22.7 Å². The predicted molar refractivity (Wildman–Crippen MR) is 154 cm³/mol. The van der Waals surface area contributed by atoms with Gasteiger partial charge in [-0.1, -0.05) is 37.0 Å². The molecule has 1 saturated heterocycles. The summed E-state index contributed by atoms with van der Waals surface area (Å²) in [5.41, 5.74) is -1.06. The summed E-state index contributed by atoms with van der Waals surface area (Å²) in [6, 6.07) is 9.21. The number of nitrogens with zero attached hydrogens (tertiary/aromatic N) is 2. The molecule has 1 atom stereocenters. The van der Waals surface area contributed by atoms with Gasteiger partial charge in [0.15, 0.2) is 11.0 Å². The first kappa shape index (κ1) is 33.7. The molecule has 0 radical (unpaired) electrons. The van der Waals surface area contributed by atoms with Crippen molar-refractivity contribution in [2.45, 2.75) is 63.1 Å². The van der Waals surface area contributed by atoms with Gasteiger partial charge in [0.25, 0.3) is 0 Å². The highest BCUT2D eigenvalue weighted by Gasteiger charge is 2.33. The van der Waals surface area contributed by atoms with Crippen molar-refractivity contribution in [1.29, 1.82) is 0 Å². The Kier molecular flexibility index (Phi) is 13.5. The third kappa shape index (κ3) is 10.5. The van der Waals surface area contributed by atoms with E-state index in [4.69, 9.17) is 23.2 Å². The lowest BCUT2D eigenvalue weighted by Crippen LogP contribution is -2.43. The van der Waals surface area contributed by atoms with Gasteiger partial charge in [0, 0.05) is 31.2 Å². The van der Waals surface area contributed by atoms with Gasteiger partial charge in [0.1, 0.15) is 6.54 Å². The smallest absolute Gasteiger partial charge is 0.341 e. The fraction of sp³-hybridized carbons (Fsp3) is 0.481. The molecule has 4 rings (SSSR count). The number of urea groups is 1. The molecule has 2 aromatic rings. The van der Waals surface area contributed by atoms with Gasteiger partial charge in [0.2, 0.25) is 5.91 Å². The first-order chi connectivity index (χ1) is 19.0. The lowest BCUT2D eigenvalue weighted by molar-refractivity contribution is -0.137. The summed E-state index contributed by atoms with van der Waals surface area (Å²) in [5, 5.41) is 5.63. The van der Waals surface area contributed by atoms with Crippen LogP contribution in [0.5, 0.6) is 0 Å². The van der Waals surface area contributed by atoms with Gasteiger partial charge in [0.05, 0.1) is 21.2 Å². The van der Waals surface area contributed by atoms with Crippen LogP contribution in [0.3, 0.4) is 0 Å². The molecule has 40 heavy (non-hydrogen) atoms. The van der Waals surface area contributed by atoms with Crippen molar-refractivity contribution in [3.63, 3.8) is 0 Å². The number of carbonyl (C=O) groups excluding carboxylic acids is 2. The molecule has 2 aliphatic rings. The number of anilines is 1. The predicted octanol–water partition coefficient (Wildman–Crippen LogP) is 6.66. The van der Waals surface area contributed by atoms with Crippen molar-refractivity contribution >= 4 is 51.8 Å². The number of benzene rings is 2. The Balaban J connectivity index is 0.000000475. The Morgan fingerprint density at radius 3 is 2.15 bits per heavy atom. The van der Waals surface area contributed by atoms with E-state index in [1.54, 1.807) is 11.9 Å². The Hall–Kier alpha value is -2.50. The van der Waals surface area contributed by atoms with E-state index in [1.807, 2.05) is 13.8 Å². The third-order valence-electron chi connectivity index (χ3n) is 5.88. The van der Waals surface area contributed by atoms with Crippen molar-refractivity contribution in [2.24, 2.45) is 0 Å². The SMILES string of the molecule is CC.CNC(=O)NC1CC1.O=C(CN(c1cc(C(F)(F)F)ccc1Cl)S(=O)c1ccc(Cl)cc1)N1CCCCC1. The van der Waals surface area contributed by atoms with Crippen LogP contribution in [0.4, 0.5) is 23.7 Å². The van der Waals surface area contributed by atoms with E-state index in [2.05, 4.69) is 10.6 Å². The number of likely N-dealkylation sites (tertiary alicyclic amines) is 1. The van der Waals surface area contributed by atoms with E-state index in [-0.39, 0.29) is 29.2 Å². The number of rotatable bonds is 6. The van der Waals surface area contributed by atoms with Gasteiger partial charge in [-0.15, -0.1) is 0 Å².